The topological polar surface area (TPSA) is 15.3 Å². The van der Waals surface area contributed by atoms with Gasteiger partial charge in [0.1, 0.15) is 0 Å². The minimum absolute atomic E-state index is 0.102. The van der Waals surface area contributed by atoms with Gasteiger partial charge in [-0.3, -0.25) is 4.90 Å². The molecular weight excluding hydrogens is 358 g/mol. The molecule has 1 aromatic rings. The summed E-state index contributed by atoms with van der Waals surface area (Å²) >= 11 is 0. The Bertz CT molecular complexity index is 544. The smallest absolute Gasteiger partial charge is 0.314 e. The lowest BCUT2D eigenvalue weighted by Gasteiger charge is -2.36. The number of nitrogens with one attached hydrogen (secondary N) is 1. The Morgan fingerprint density at radius 1 is 0.923 bits per heavy atom. The molecule has 1 fully saturated rings. The van der Waals surface area contributed by atoms with Crippen LogP contribution in [0.5, 0.6) is 0 Å². The van der Waals surface area contributed by atoms with E-state index in [1.807, 2.05) is 11.8 Å². The van der Waals surface area contributed by atoms with Crippen molar-refractivity contribution in [1.29, 1.82) is 0 Å². The molecule has 1 N–H and O–H groups in total. The Labute approximate surface area is 149 Å². The first-order chi connectivity index (χ1) is 12.1. The van der Waals surface area contributed by atoms with Crippen LogP contribution < -0.4 is 5.32 Å². The Kier molecular flexibility index (Phi) is 6.96. The zero-order chi connectivity index (χ0) is 19.4. The van der Waals surface area contributed by atoms with Crippen LogP contribution in [0, 0.1) is 0 Å². The second kappa shape index (κ2) is 8.61. The molecule has 0 unspecified atom stereocenters. The molecule has 0 spiro atoms. The second-order valence-electron chi connectivity index (χ2n) is 6.64. The number of benzene rings is 1. The molecule has 0 saturated carbocycles. The van der Waals surface area contributed by atoms with Crippen molar-refractivity contribution in [2.75, 3.05) is 26.2 Å². The average molecular weight is 382 g/mol. The van der Waals surface area contributed by atoms with E-state index in [9.17, 15) is 26.3 Å². The van der Waals surface area contributed by atoms with E-state index in [1.165, 1.54) is 0 Å². The molecule has 1 aromatic carbocycles. The molecule has 1 atom stereocenters. The normalized spacial score (nSPS) is 18.1. The summed E-state index contributed by atoms with van der Waals surface area (Å²) in [6.45, 7) is 4.57. The van der Waals surface area contributed by atoms with Crippen molar-refractivity contribution < 1.29 is 26.3 Å². The second-order valence-corrected chi connectivity index (χ2v) is 6.64. The number of halogens is 6. The first kappa shape index (κ1) is 21.0. The minimum Gasteiger partial charge on any atom is -0.314 e. The van der Waals surface area contributed by atoms with Gasteiger partial charge in [0.15, 0.2) is 0 Å². The Hall–Kier alpha value is -1.28. The van der Waals surface area contributed by atoms with E-state index in [-0.39, 0.29) is 11.6 Å². The van der Waals surface area contributed by atoms with E-state index in [4.69, 9.17) is 0 Å². The van der Waals surface area contributed by atoms with Crippen LogP contribution >= 0.6 is 0 Å². The third-order valence-corrected chi connectivity index (χ3v) is 4.67. The van der Waals surface area contributed by atoms with E-state index in [0.29, 0.717) is 32.6 Å². The van der Waals surface area contributed by atoms with E-state index < -0.39 is 29.5 Å². The Morgan fingerprint density at radius 3 is 1.92 bits per heavy atom. The summed E-state index contributed by atoms with van der Waals surface area (Å²) in [5, 5.41) is 3.16. The summed E-state index contributed by atoms with van der Waals surface area (Å²) in [4.78, 5) is 1.99. The van der Waals surface area contributed by atoms with Gasteiger partial charge in [-0.2, -0.15) is 26.3 Å². The van der Waals surface area contributed by atoms with Crippen LogP contribution in [0.4, 0.5) is 26.3 Å². The summed E-state index contributed by atoms with van der Waals surface area (Å²) in [6.07, 6.45) is -6.48. The standard InChI is InChI=1S/C18H24F6N2/c1-2-3-4-5-16(26-8-6-25-7-9-26)13-10-14(17(19,20)21)12-15(11-13)18(22,23)24/h10-12,16,25H,2-9H2,1H3/t16-/m0/s1. The third-order valence-electron chi connectivity index (χ3n) is 4.67. The SMILES string of the molecule is CCCCC[C@@H](c1cc(C(F)(F)F)cc(C(F)(F)F)c1)N1CCNCC1. The molecule has 0 bridgehead atoms. The first-order valence-electron chi connectivity index (χ1n) is 8.87. The minimum atomic E-state index is -4.81. The number of piperazine rings is 1. The van der Waals surface area contributed by atoms with Gasteiger partial charge >= 0.3 is 12.4 Å². The van der Waals surface area contributed by atoms with Crippen molar-refractivity contribution >= 4 is 0 Å². The molecule has 1 aliphatic rings. The number of hydrogen-bond donors (Lipinski definition) is 1. The summed E-state index contributed by atoms with van der Waals surface area (Å²) < 4.78 is 78.9. The lowest BCUT2D eigenvalue weighted by atomic mass is 9.94. The van der Waals surface area contributed by atoms with Crippen LogP contribution in [-0.2, 0) is 12.4 Å². The largest absolute Gasteiger partial charge is 0.416 e. The molecule has 1 saturated heterocycles. The molecule has 0 aromatic heterocycles. The maximum Gasteiger partial charge on any atom is 0.416 e. The zero-order valence-electron chi connectivity index (χ0n) is 14.7. The molecular formula is C18H24F6N2. The van der Waals surface area contributed by atoms with Crippen LogP contribution in [0.2, 0.25) is 0 Å². The molecule has 0 aliphatic carbocycles. The molecule has 2 nitrogen and oxygen atoms in total. The number of nitrogens with zero attached hydrogens (tertiary/aromatic N) is 1. The lowest BCUT2D eigenvalue weighted by molar-refractivity contribution is -0.143. The molecule has 2 rings (SSSR count). The van der Waals surface area contributed by atoms with Gasteiger partial charge in [-0.25, -0.2) is 0 Å². The van der Waals surface area contributed by atoms with E-state index >= 15 is 0 Å². The summed E-state index contributed by atoms with van der Waals surface area (Å²) in [5.41, 5.74) is -2.37. The van der Waals surface area contributed by atoms with Crippen LogP contribution in [0.1, 0.15) is 55.3 Å². The third kappa shape index (κ3) is 5.61. The molecule has 26 heavy (non-hydrogen) atoms. The van der Waals surface area contributed by atoms with E-state index in [1.54, 1.807) is 0 Å². The van der Waals surface area contributed by atoms with Gasteiger partial charge in [0.25, 0.3) is 0 Å². The quantitative estimate of drug-likeness (QED) is 0.534. The fraction of sp³-hybridized carbons (Fsp3) is 0.667. The maximum atomic E-state index is 13.2. The molecule has 1 aliphatic heterocycles. The van der Waals surface area contributed by atoms with Gasteiger partial charge in [0, 0.05) is 32.2 Å². The summed E-state index contributed by atoms with van der Waals surface area (Å²) in [5.74, 6) is 0. The highest BCUT2D eigenvalue weighted by atomic mass is 19.4. The first-order valence-corrected chi connectivity index (χ1v) is 8.87. The molecule has 8 heteroatoms. The Morgan fingerprint density at radius 2 is 1.46 bits per heavy atom. The highest BCUT2D eigenvalue weighted by molar-refractivity contribution is 5.35. The van der Waals surface area contributed by atoms with Crippen LogP contribution in [0.3, 0.4) is 0 Å². The van der Waals surface area contributed by atoms with Crippen LogP contribution in [-0.4, -0.2) is 31.1 Å². The predicted octanol–water partition coefficient (Wildman–Crippen LogP) is 5.25. The number of hydrogen-bond acceptors (Lipinski definition) is 2. The zero-order valence-corrected chi connectivity index (χ0v) is 14.7. The molecule has 0 radical (unpaired) electrons. The maximum absolute atomic E-state index is 13.2. The van der Waals surface area contributed by atoms with E-state index in [2.05, 4.69) is 5.32 Å². The lowest BCUT2D eigenvalue weighted by Crippen LogP contribution is -2.45. The van der Waals surface area contributed by atoms with Crippen molar-refractivity contribution in [2.24, 2.45) is 0 Å². The predicted molar refractivity (Wildman–Crippen MR) is 87.8 cm³/mol. The van der Waals surface area contributed by atoms with Gasteiger partial charge in [-0.1, -0.05) is 26.2 Å². The van der Waals surface area contributed by atoms with E-state index in [0.717, 1.165) is 31.4 Å². The van der Waals surface area contributed by atoms with Gasteiger partial charge in [0.2, 0.25) is 0 Å². The van der Waals surface area contributed by atoms with Gasteiger partial charge < -0.3 is 5.32 Å². The number of unbranched alkanes of at least 4 members (excludes halogenated alkanes) is 2. The van der Waals surface area contributed by atoms with Gasteiger partial charge in [0.05, 0.1) is 11.1 Å². The van der Waals surface area contributed by atoms with Crippen LogP contribution in [0.15, 0.2) is 18.2 Å². The van der Waals surface area contributed by atoms with Crippen molar-refractivity contribution in [3.8, 4) is 0 Å². The molecule has 1 heterocycles. The highest BCUT2D eigenvalue weighted by Crippen LogP contribution is 2.39. The Balaban J connectivity index is 2.43. The van der Waals surface area contributed by atoms with Crippen molar-refractivity contribution in [1.82, 2.24) is 10.2 Å². The number of alkyl halides is 6. The molecule has 148 valence electrons. The highest BCUT2D eigenvalue weighted by Gasteiger charge is 2.38. The average Bonchev–Trinajstić information content (AvgIpc) is 2.57. The van der Waals surface area contributed by atoms with Crippen molar-refractivity contribution in [3.63, 3.8) is 0 Å². The van der Waals surface area contributed by atoms with Gasteiger partial charge in [-0.05, 0) is 30.2 Å². The van der Waals surface area contributed by atoms with Crippen molar-refractivity contribution in [3.05, 3.63) is 34.9 Å². The van der Waals surface area contributed by atoms with Crippen molar-refractivity contribution in [2.45, 2.75) is 51.0 Å². The summed E-state index contributed by atoms with van der Waals surface area (Å²) in [6, 6.07) is 1.53. The molecule has 0 amide bonds. The van der Waals surface area contributed by atoms with Crippen LogP contribution in [0.25, 0.3) is 0 Å². The van der Waals surface area contributed by atoms with Gasteiger partial charge in [-0.15, -0.1) is 0 Å². The fourth-order valence-electron chi connectivity index (χ4n) is 3.31. The number of rotatable bonds is 6. The summed E-state index contributed by atoms with van der Waals surface area (Å²) in [7, 11) is 0. The fourth-order valence-corrected chi connectivity index (χ4v) is 3.31. The monoisotopic (exact) mass is 382 g/mol.